The molecule has 0 bridgehead atoms. The largest absolute Gasteiger partial charge is 0.457 e. The van der Waals surface area contributed by atoms with E-state index in [0.29, 0.717) is 12.8 Å². The predicted octanol–water partition coefficient (Wildman–Crippen LogP) is 6.30. The molecule has 0 spiro atoms. The van der Waals surface area contributed by atoms with Gasteiger partial charge in [-0.25, -0.2) is 4.98 Å². The Morgan fingerprint density at radius 3 is 2.58 bits per heavy atom. The fourth-order valence-electron chi connectivity index (χ4n) is 4.40. The molecule has 0 aliphatic carbocycles. The summed E-state index contributed by atoms with van der Waals surface area (Å²) in [6.45, 7) is 13.6. The third-order valence-corrected chi connectivity index (χ3v) is 7.63. The summed E-state index contributed by atoms with van der Waals surface area (Å²) in [5, 5.41) is 13.8. The summed E-state index contributed by atoms with van der Waals surface area (Å²) in [5.41, 5.74) is 2.38. The van der Waals surface area contributed by atoms with Crippen LogP contribution in [0.15, 0.2) is 22.6 Å². The van der Waals surface area contributed by atoms with E-state index in [1.165, 1.54) is 5.57 Å². The second-order valence-corrected chi connectivity index (χ2v) is 11.4. The number of aliphatic hydroxyl groups is 1. The lowest BCUT2D eigenvalue weighted by molar-refractivity contribution is -0.148. The van der Waals surface area contributed by atoms with E-state index in [0.717, 1.165) is 35.5 Å². The topological polar surface area (TPSA) is 76.5 Å². The molecule has 5 nitrogen and oxygen atoms in total. The maximum atomic E-state index is 13.1. The van der Waals surface area contributed by atoms with E-state index in [1.807, 2.05) is 53.0 Å². The number of hydrogen-bond donors (Lipinski definition) is 1. The van der Waals surface area contributed by atoms with Gasteiger partial charge in [-0.05, 0) is 64.0 Å². The maximum absolute atomic E-state index is 13.1. The first-order valence-electron chi connectivity index (χ1n) is 12.1. The van der Waals surface area contributed by atoms with Gasteiger partial charge in [0.05, 0.1) is 16.8 Å². The van der Waals surface area contributed by atoms with Gasteiger partial charge in [0.25, 0.3) is 0 Å². The van der Waals surface area contributed by atoms with Gasteiger partial charge in [-0.2, -0.15) is 0 Å². The summed E-state index contributed by atoms with van der Waals surface area (Å²) < 4.78 is 5.90. The lowest BCUT2D eigenvalue weighted by atomic mass is 9.74. The number of cyclic esters (lactones) is 1. The first-order valence-corrected chi connectivity index (χ1v) is 13.0. The Bertz CT molecular complexity index is 882. The molecular weight excluding hydrogens is 434 g/mol. The van der Waals surface area contributed by atoms with Crippen LogP contribution in [0.3, 0.4) is 0 Å². The lowest BCUT2D eigenvalue weighted by Gasteiger charge is -2.31. The van der Waals surface area contributed by atoms with E-state index >= 15 is 0 Å². The molecule has 0 fully saturated rings. The highest BCUT2D eigenvalue weighted by molar-refractivity contribution is 7.09. The minimum atomic E-state index is -0.703. The highest BCUT2D eigenvalue weighted by Gasteiger charge is 2.36. The van der Waals surface area contributed by atoms with Crippen LogP contribution >= 0.6 is 11.3 Å². The van der Waals surface area contributed by atoms with Crippen molar-refractivity contribution in [1.82, 2.24) is 4.98 Å². The Balaban J connectivity index is 2.27. The van der Waals surface area contributed by atoms with Gasteiger partial charge in [-0.1, -0.05) is 39.3 Å². The number of carbonyl (C=O) groups is 2. The van der Waals surface area contributed by atoms with Gasteiger partial charge in [0.15, 0.2) is 0 Å². The molecule has 33 heavy (non-hydrogen) atoms. The van der Waals surface area contributed by atoms with Gasteiger partial charge in [-0.15, -0.1) is 11.3 Å². The number of thiazole rings is 1. The molecule has 0 amide bonds. The molecule has 4 atom stereocenters. The first kappa shape index (κ1) is 27.5. The Kier molecular flexibility index (Phi) is 10.0. The molecule has 0 saturated carbocycles. The average molecular weight is 476 g/mol. The molecular formula is C27H41NO4S. The molecule has 6 heteroatoms. The van der Waals surface area contributed by atoms with Crippen molar-refractivity contribution in [2.75, 3.05) is 0 Å². The van der Waals surface area contributed by atoms with Crippen LogP contribution in [0.25, 0.3) is 6.08 Å². The van der Waals surface area contributed by atoms with Crippen molar-refractivity contribution in [3.63, 3.8) is 0 Å². The van der Waals surface area contributed by atoms with Crippen LogP contribution in [0.2, 0.25) is 0 Å². The van der Waals surface area contributed by atoms with E-state index in [4.69, 9.17) is 4.74 Å². The number of rotatable bonds is 2. The number of aromatic nitrogens is 1. The Labute approximate surface area is 203 Å². The maximum Gasteiger partial charge on any atom is 0.306 e. The second kappa shape index (κ2) is 12.1. The number of hydrogen-bond acceptors (Lipinski definition) is 6. The van der Waals surface area contributed by atoms with Crippen LogP contribution < -0.4 is 0 Å². The third-order valence-electron chi connectivity index (χ3n) is 6.83. The quantitative estimate of drug-likeness (QED) is 0.401. The number of esters is 1. The van der Waals surface area contributed by atoms with Crippen molar-refractivity contribution in [2.45, 2.75) is 99.2 Å². The number of ether oxygens (including phenoxy) is 1. The fraction of sp³-hybridized carbons (Fsp3) is 0.667. The molecule has 0 aromatic carbocycles. The van der Waals surface area contributed by atoms with E-state index in [2.05, 4.69) is 18.0 Å². The Hall–Kier alpha value is -1.79. The van der Waals surface area contributed by atoms with Crippen LogP contribution in [0, 0.1) is 24.2 Å². The standard InChI is InChI=1S/C27H41NO4S/c1-17-9-8-10-18(2)25(30)20(4)26(31)27(6,7)14-13-24(29)32-23(12-11-17)19(3)15-22-16-33-21(5)28-22/h11,15-16,18,20,23,25,30H,8-10,12-14H2,1-7H3/b17-11-,19-15+/t18-,20+,23-,25-/m0/s1. The number of nitrogens with zero attached hydrogens (tertiary/aromatic N) is 1. The number of carbonyl (C=O) groups excluding carboxylic acids is 2. The van der Waals surface area contributed by atoms with Crippen LogP contribution in [0.1, 0.15) is 90.8 Å². The normalized spacial score (nSPS) is 30.4. The van der Waals surface area contributed by atoms with Gasteiger partial charge in [0, 0.05) is 29.6 Å². The number of allylic oxidation sites excluding steroid dienone is 1. The monoisotopic (exact) mass is 475 g/mol. The van der Waals surface area contributed by atoms with Gasteiger partial charge in [0.2, 0.25) is 0 Å². The molecule has 2 heterocycles. The SMILES string of the molecule is C/C1=C/C[C@@H](/C(C)=C/c2csc(C)n2)OC(=O)CCC(C)(C)C(=O)[C@H](C)[C@@H](O)[C@@H](C)CCC1. The molecule has 0 radical (unpaired) electrons. The molecule has 1 aromatic heterocycles. The zero-order valence-corrected chi connectivity index (χ0v) is 22.1. The smallest absolute Gasteiger partial charge is 0.306 e. The highest BCUT2D eigenvalue weighted by Crippen LogP contribution is 2.32. The van der Waals surface area contributed by atoms with Gasteiger partial charge in [0.1, 0.15) is 11.9 Å². The van der Waals surface area contributed by atoms with Crippen molar-refractivity contribution < 1.29 is 19.4 Å². The van der Waals surface area contributed by atoms with E-state index < -0.39 is 17.4 Å². The number of aryl methyl sites for hydroxylation is 1. The van der Waals surface area contributed by atoms with E-state index in [-0.39, 0.29) is 30.2 Å². The Morgan fingerprint density at radius 2 is 1.94 bits per heavy atom. The van der Waals surface area contributed by atoms with Crippen LogP contribution in [0.4, 0.5) is 0 Å². The molecule has 1 aliphatic heterocycles. The molecule has 0 unspecified atom stereocenters. The van der Waals surface area contributed by atoms with Crippen molar-refractivity contribution >= 4 is 29.2 Å². The number of Topliss-reactive ketones (excluding diaryl/α,β-unsaturated/α-hetero) is 1. The van der Waals surface area contributed by atoms with Crippen molar-refractivity contribution in [2.24, 2.45) is 17.3 Å². The van der Waals surface area contributed by atoms with Crippen molar-refractivity contribution in [1.29, 1.82) is 0 Å². The summed E-state index contributed by atoms with van der Waals surface area (Å²) in [7, 11) is 0. The summed E-state index contributed by atoms with van der Waals surface area (Å²) in [5.74, 6) is -0.716. The van der Waals surface area contributed by atoms with Crippen LogP contribution in [-0.2, 0) is 14.3 Å². The lowest BCUT2D eigenvalue weighted by Crippen LogP contribution is -2.39. The summed E-state index contributed by atoms with van der Waals surface area (Å²) in [4.78, 5) is 30.4. The van der Waals surface area contributed by atoms with Crippen LogP contribution in [0.5, 0.6) is 0 Å². The zero-order valence-electron chi connectivity index (χ0n) is 21.3. The molecule has 0 saturated heterocycles. The molecule has 2 rings (SSSR count). The average Bonchev–Trinajstić information content (AvgIpc) is 3.17. The molecule has 1 aromatic rings. The third kappa shape index (κ3) is 8.18. The highest BCUT2D eigenvalue weighted by atomic mass is 32.1. The number of ketones is 1. The van der Waals surface area contributed by atoms with Gasteiger partial charge < -0.3 is 9.84 Å². The minimum Gasteiger partial charge on any atom is -0.457 e. The molecule has 184 valence electrons. The van der Waals surface area contributed by atoms with E-state index in [1.54, 1.807) is 11.3 Å². The van der Waals surface area contributed by atoms with E-state index in [9.17, 15) is 14.7 Å². The first-order chi connectivity index (χ1) is 15.4. The Morgan fingerprint density at radius 1 is 1.24 bits per heavy atom. The summed E-state index contributed by atoms with van der Waals surface area (Å²) in [6.07, 6.45) is 7.01. The van der Waals surface area contributed by atoms with Crippen molar-refractivity contribution in [3.8, 4) is 0 Å². The number of aliphatic hydroxyl groups excluding tert-OH is 1. The van der Waals surface area contributed by atoms with Crippen LogP contribution in [-0.4, -0.2) is 34.1 Å². The molecule has 1 aliphatic rings. The van der Waals surface area contributed by atoms with Crippen molar-refractivity contribution in [3.05, 3.63) is 33.3 Å². The molecule has 1 N–H and O–H groups in total. The fourth-order valence-corrected chi connectivity index (χ4v) is 4.97. The predicted molar refractivity (Wildman–Crippen MR) is 135 cm³/mol. The van der Waals surface area contributed by atoms with Gasteiger partial charge in [-0.3, -0.25) is 9.59 Å². The minimum absolute atomic E-state index is 0.00403. The summed E-state index contributed by atoms with van der Waals surface area (Å²) in [6, 6.07) is 0. The zero-order chi connectivity index (χ0) is 24.8. The second-order valence-electron chi connectivity index (χ2n) is 10.3. The summed E-state index contributed by atoms with van der Waals surface area (Å²) >= 11 is 1.60. The van der Waals surface area contributed by atoms with Gasteiger partial charge >= 0.3 is 5.97 Å².